The van der Waals surface area contributed by atoms with E-state index in [1.165, 1.54) is 6.42 Å². The van der Waals surface area contributed by atoms with Gasteiger partial charge in [0.1, 0.15) is 0 Å². The van der Waals surface area contributed by atoms with Crippen molar-refractivity contribution in [3.63, 3.8) is 0 Å². The number of anilines is 1. The fourth-order valence-electron chi connectivity index (χ4n) is 2.48. The minimum absolute atomic E-state index is 0.0115. The summed E-state index contributed by atoms with van der Waals surface area (Å²) in [4.78, 5) is 12.3. The van der Waals surface area contributed by atoms with Crippen LogP contribution in [-0.2, 0) is 4.79 Å². The molecule has 1 aromatic carbocycles. The van der Waals surface area contributed by atoms with Gasteiger partial charge in [-0.25, -0.2) is 0 Å². The smallest absolute Gasteiger partial charge is 0.229 e. The Morgan fingerprint density at radius 1 is 1.32 bits per heavy atom. The van der Waals surface area contributed by atoms with Gasteiger partial charge in [-0.15, -0.1) is 0 Å². The van der Waals surface area contributed by atoms with Crippen LogP contribution in [0.1, 0.15) is 32.1 Å². The van der Waals surface area contributed by atoms with Crippen LogP contribution < -0.4 is 11.1 Å². The van der Waals surface area contributed by atoms with Crippen molar-refractivity contribution in [1.29, 1.82) is 0 Å². The van der Waals surface area contributed by atoms with Crippen molar-refractivity contribution in [1.82, 2.24) is 0 Å². The Bertz CT molecular complexity index is 467. The van der Waals surface area contributed by atoms with Gasteiger partial charge in [-0.05, 0) is 47.0 Å². The van der Waals surface area contributed by atoms with E-state index in [1.807, 2.05) is 0 Å². The van der Waals surface area contributed by atoms with Crippen LogP contribution in [0.5, 0.6) is 0 Å². The molecular weight excluding hydrogens is 328 g/mol. The van der Waals surface area contributed by atoms with Gasteiger partial charge >= 0.3 is 0 Å². The van der Waals surface area contributed by atoms with Crippen molar-refractivity contribution >= 4 is 39.1 Å². The highest BCUT2D eigenvalue weighted by molar-refractivity contribution is 9.10. The van der Waals surface area contributed by atoms with E-state index in [1.54, 1.807) is 18.2 Å². The van der Waals surface area contributed by atoms with Crippen LogP contribution in [0.25, 0.3) is 0 Å². The lowest BCUT2D eigenvalue weighted by molar-refractivity contribution is -0.120. The number of carbonyl (C=O) groups excluding carboxylic acids is 1. The summed E-state index contributed by atoms with van der Waals surface area (Å²) >= 11 is 9.28. The molecule has 0 heterocycles. The molecule has 2 unspecified atom stereocenters. The first-order valence-corrected chi connectivity index (χ1v) is 7.76. The lowest BCUT2D eigenvalue weighted by Gasteiger charge is -2.21. The highest BCUT2D eigenvalue weighted by atomic mass is 79.9. The molecule has 1 amide bonds. The first-order chi connectivity index (χ1) is 9.08. The molecule has 2 atom stereocenters. The number of carbonyl (C=O) groups is 1. The van der Waals surface area contributed by atoms with Gasteiger partial charge in [-0.2, -0.15) is 0 Å². The Hall–Kier alpha value is -0.580. The molecule has 0 aliphatic heterocycles. The maximum Gasteiger partial charge on any atom is 0.229 e. The van der Waals surface area contributed by atoms with Crippen LogP contribution in [0.4, 0.5) is 5.69 Å². The molecule has 0 bridgehead atoms. The second kappa shape index (κ2) is 6.73. The van der Waals surface area contributed by atoms with E-state index in [-0.39, 0.29) is 17.9 Å². The molecule has 1 fully saturated rings. The van der Waals surface area contributed by atoms with Crippen molar-refractivity contribution in [2.45, 2.75) is 38.1 Å². The molecule has 3 N–H and O–H groups in total. The highest BCUT2D eigenvalue weighted by Gasteiger charge is 2.27. The third-order valence-electron chi connectivity index (χ3n) is 3.60. The number of nitrogens with one attached hydrogen (secondary N) is 1. The second-order valence-corrected chi connectivity index (χ2v) is 6.31. The molecule has 19 heavy (non-hydrogen) atoms. The van der Waals surface area contributed by atoms with E-state index in [2.05, 4.69) is 21.2 Å². The predicted octanol–water partition coefficient (Wildman–Crippen LogP) is 3.95. The van der Waals surface area contributed by atoms with E-state index in [0.717, 1.165) is 35.8 Å². The monoisotopic (exact) mass is 344 g/mol. The Balaban J connectivity index is 2.07. The van der Waals surface area contributed by atoms with Gasteiger partial charge < -0.3 is 11.1 Å². The zero-order valence-electron chi connectivity index (χ0n) is 10.7. The van der Waals surface area contributed by atoms with Gasteiger partial charge in [0.25, 0.3) is 0 Å². The quantitative estimate of drug-likeness (QED) is 0.797. The molecule has 1 aliphatic rings. The summed E-state index contributed by atoms with van der Waals surface area (Å²) < 4.78 is 0.788. The first kappa shape index (κ1) is 14.8. The molecule has 0 aromatic heterocycles. The van der Waals surface area contributed by atoms with Gasteiger partial charge in [0.15, 0.2) is 0 Å². The van der Waals surface area contributed by atoms with Crippen molar-refractivity contribution in [2.24, 2.45) is 11.7 Å². The number of amides is 1. The first-order valence-electron chi connectivity index (χ1n) is 6.59. The summed E-state index contributed by atoms with van der Waals surface area (Å²) in [5, 5.41) is 3.58. The van der Waals surface area contributed by atoms with E-state index < -0.39 is 0 Å². The van der Waals surface area contributed by atoms with Gasteiger partial charge in [0.05, 0.1) is 11.6 Å². The SMILES string of the molecule is NC1CCCCCC1C(=O)Nc1ccc(Cl)cc1Br. The summed E-state index contributed by atoms with van der Waals surface area (Å²) in [6.07, 6.45) is 5.17. The van der Waals surface area contributed by atoms with Gasteiger partial charge in [0.2, 0.25) is 5.91 Å². The molecule has 3 nitrogen and oxygen atoms in total. The van der Waals surface area contributed by atoms with Gasteiger partial charge in [-0.1, -0.05) is 30.9 Å². The van der Waals surface area contributed by atoms with Crippen molar-refractivity contribution < 1.29 is 4.79 Å². The Labute approximate surface area is 127 Å². The molecule has 1 aromatic rings. The molecule has 0 radical (unpaired) electrons. The zero-order valence-corrected chi connectivity index (χ0v) is 13.0. The van der Waals surface area contributed by atoms with Crippen LogP contribution >= 0.6 is 27.5 Å². The average molecular weight is 346 g/mol. The number of halogens is 2. The number of rotatable bonds is 2. The zero-order chi connectivity index (χ0) is 13.8. The van der Waals surface area contributed by atoms with E-state index in [0.29, 0.717) is 5.02 Å². The molecule has 5 heteroatoms. The molecule has 1 aliphatic carbocycles. The Morgan fingerprint density at radius 2 is 2.05 bits per heavy atom. The van der Waals surface area contributed by atoms with Crippen molar-refractivity contribution in [3.05, 3.63) is 27.7 Å². The third-order valence-corrected chi connectivity index (χ3v) is 4.49. The van der Waals surface area contributed by atoms with Crippen LogP contribution in [0.2, 0.25) is 5.02 Å². The molecule has 0 saturated heterocycles. The van der Waals surface area contributed by atoms with Crippen molar-refractivity contribution in [3.8, 4) is 0 Å². The summed E-state index contributed by atoms with van der Waals surface area (Å²) in [7, 11) is 0. The molecule has 104 valence electrons. The largest absolute Gasteiger partial charge is 0.327 e. The molecule has 1 saturated carbocycles. The topological polar surface area (TPSA) is 55.1 Å². The summed E-state index contributed by atoms with van der Waals surface area (Å²) in [5.74, 6) is -0.0810. The van der Waals surface area contributed by atoms with Crippen LogP contribution in [-0.4, -0.2) is 11.9 Å². The average Bonchev–Trinajstić information content (AvgIpc) is 2.57. The molecule has 0 spiro atoms. The Kier molecular flexibility index (Phi) is 5.25. The van der Waals surface area contributed by atoms with E-state index >= 15 is 0 Å². The number of hydrogen-bond acceptors (Lipinski definition) is 2. The number of benzene rings is 1. The molecular formula is C14H18BrClN2O. The lowest BCUT2D eigenvalue weighted by atomic mass is 9.94. The standard InChI is InChI=1S/C14H18BrClN2O/c15-11-8-9(16)6-7-13(11)18-14(19)10-4-2-1-3-5-12(10)17/h6-8,10,12H,1-5,17H2,(H,18,19). The summed E-state index contributed by atoms with van der Waals surface area (Å²) in [6.45, 7) is 0. The summed E-state index contributed by atoms with van der Waals surface area (Å²) in [5.41, 5.74) is 6.84. The lowest BCUT2D eigenvalue weighted by Crippen LogP contribution is -2.37. The normalized spacial score (nSPS) is 23.7. The van der Waals surface area contributed by atoms with Crippen LogP contribution in [0.3, 0.4) is 0 Å². The van der Waals surface area contributed by atoms with E-state index in [9.17, 15) is 4.79 Å². The molecule has 2 rings (SSSR count). The minimum atomic E-state index is -0.0925. The fraction of sp³-hybridized carbons (Fsp3) is 0.500. The van der Waals surface area contributed by atoms with Crippen molar-refractivity contribution in [2.75, 3.05) is 5.32 Å². The van der Waals surface area contributed by atoms with E-state index in [4.69, 9.17) is 17.3 Å². The second-order valence-electron chi connectivity index (χ2n) is 5.02. The Morgan fingerprint density at radius 3 is 2.79 bits per heavy atom. The number of nitrogens with two attached hydrogens (primary N) is 1. The summed E-state index contributed by atoms with van der Waals surface area (Å²) in [6, 6.07) is 5.29. The van der Waals surface area contributed by atoms with Gasteiger partial charge in [-0.3, -0.25) is 4.79 Å². The third kappa shape index (κ3) is 3.94. The maximum atomic E-state index is 12.3. The van der Waals surface area contributed by atoms with Crippen LogP contribution in [0.15, 0.2) is 22.7 Å². The highest BCUT2D eigenvalue weighted by Crippen LogP contribution is 2.28. The van der Waals surface area contributed by atoms with Gasteiger partial charge in [0, 0.05) is 15.5 Å². The number of hydrogen-bond donors (Lipinski definition) is 2. The minimum Gasteiger partial charge on any atom is -0.327 e. The maximum absolute atomic E-state index is 12.3. The predicted molar refractivity (Wildman–Crippen MR) is 82.3 cm³/mol. The van der Waals surface area contributed by atoms with Crippen LogP contribution in [0, 0.1) is 5.92 Å². The fourth-order valence-corrected chi connectivity index (χ4v) is 3.26.